The van der Waals surface area contributed by atoms with Crippen LogP contribution in [0, 0.1) is 11.6 Å². The highest BCUT2D eigenvalue weighted by Gasteiger charge is 2.26. The highest BCUT2D eigenvalue weighted by atomic mass is 32.1. The van der Waals surface area contributed by atoms with Crippen LogP contribution in [-0.4, -0.2) is 38.5 Å². The summed E-state index contributed by atoms with van der Waals surface area (Å²) in [4.78, 5) is 16.8. The van der Waals surface area contributed by atoms with Crippen LogP contribution in [0.25, 0.3) is 10.6 Å². The van der Waals surface area contributed by atoms with E-state index in [9.17, 15) is 18.7 Å². The number of nitrogens with zero attached hydrogens (tertiary/aromatic N) is 3. The molecular weight excluding hydrogens is 414 g/mol. The van der Waals surface area contributed by atoms with Gasteiger partial charge >= 0.3 is 0 Å². The molecule has 158 valence electrons. The lowest BCUT2D eigenvalue weighted by atomic mass is 10.1. The second-order valence-electron chi connectivity index (χ2n) is 7.06. The molecular formula is C20H20F2N4O3S. The number of hydrogen-bond acceptors (Lipinski definition) is 6. The number of nitrogens with one attached hydrogen (secondary N) is 1. The molecule has 2 atom stereocenters. The zero-order valence-corrected chi connectivity index (χ0v) is 17.0. The summed E-state index contributed by atoms with van der Waals surface area (Å²) in [6.07, 6.45) is 2.82. The predicted octanol–water partition coefficient (Wildman–Crippen LogP) is 3.68. The largest absolute Gasteiger partial charge is 0.391 e. The van der Waals surface area contributed by atoms with E-state index >= 15 is 0 Å². The smallest absolute Gasteiger partial charge is 0.275 e. The predicted molar refractivity (Wildman–Crippen MR) is 107 cm³/mol. The van der Waals surface area contributed by atoms with Crippen LogP contribution < -0.4 is 5.32 Å². The SMILES string of the molecule is Cn1ncc(NC(=O)c2csc(-c3c(F)cccc3F)n2)c1C1CCCC(O)CO1. The third kappa shape index (κ3) is 4.11. The molecule has 1 saturated heterocycles. The molecule has 1 aliphatic heterocycles. The van der Waals surface area contributed by atoms with Crippen molar-refractivity contribution in [1.82, 2.24) is 14.8 Å². The maximum atomic E-state index is 14.0. The fraction of sp³-hybridized carbons (Fsp3) is 0.350. The van der Waals surface area contributed by atoms with Crippen molar-refractivity contribution < 1.29 is 23.4 Å². The summed E-state index contributed by atoms with van der Waals surface area (Å²) in [5.41, 5.74) is 0.947. The van der Waals surface area contributed by atoms with E-state index in [-0.39, 0.29) is 29.0 Å². The first-order valence-corrected chi connectivity index (χ1v) is 10.3. The molecule has 0 aliphatic carbocycles. The van der Waals surface area contributed by atoms with Crippen molar-refractivity contribution in [3.63, 3.8) is 0 Å². The summed E-state index contributed by atoms with van der Waals surface area (Å²) >= 11 is 0.985. The Morgan fingerprint density at radius 2 is 2.10 bits per heavy atom. The number of benzene rings is 1. The summed E-state index contributed by atoms with van der Waals surface area (Å²) in [6, 6.07) is 3.56. The molecule has 3 aromatic rings. The summed E-state index contributed by atoms with van der Waals surface area (Å²) in [6.45, 7) is 0.215. The molecule has 10 heteroatoms. The van der Waals surface area contributed by atoms with Crippen molar-refractivity contribution in [2.75, 3.05) is 11.9 Å². The van der Waals surface area contributed by atoms with E-state index in [0.29, 0.717) is 24.2 Å². The number of aliphatic hydroxyl groups is 1. The van der Waals surface area contributed by atoms with Crippen LogP contribution in [0.4, 0.5) is 14.5 Å². The number of halogens is 2. The summed E-state index contributed by atoms with van der Waals surface area (Å²) in [7, 11) is 1.75. The first-order valence-electron chi connectivity index (χ1n) is 9.47. The number of amides is 1. The van der Waals surface area contributed by atoms with Crippen molar-refractivity contribution in [2.24, 2.45) is 7.05 Å². The number of hydrogen-bond donors (Lipinski definition) is 2. The molecule has 30 heavy (non-hydrogen) atoms. The van der Waals surface area contributed by atoms with Crippen LogP contribution in [0.1, 0.15) is 41.5 Å². The van der Waals surface area contributed by atoms with Crippen LogP contribution in [0.3, 0.4) is 0 Å². The van der Waals surface area contributed by atoms with Crippen molar-refractivity contribution in [3.05, 3.63) is 52.8 Å². The molecule has 0 spiro atoms. The minimum atomic E-state index is -0.737. The fourth-order valence-corrected chi connectivity index (χ4v) is 4.30. The lowest BCUT2D eigenvalue weighted by molar-refractivity contribution is 0.00136. The number of aliphatic hydroxyl groups excluding tert-OH is 1. The Hall–Kier alpha value is -2.69. The number of aryl methyl sites for hydroxylation is 1. The normalized spacial score (nSPS) is 19.5. The standard InChI is InChI=1S/C20H20F2N4O3S/c1-26-18(16-7-2-4-11(27)9-29-16)14(8-23-26)24-19(28)15-10-30-20(25-15)17-12(21)5-3-6-13(17)22/h3,5-6,8,10-11,16,27H,2,4,7,9H2,1H3,(H,24,28). The van der Waals surface area contributed by atoms with Crippen molar-refractivity contribution >= 4 is 22.9 Å². The minimum absolute atomic E-state index is 0.0460. The van der Waals surface area contributed by atoms with E-state index in [4.69, 9.17) is 4.74 Å². The minimum Gasteiger partial charge on any atom is -0.391 e. The number of carbonyl (C=O) groups excluding carboxylic acids is 1. The third-order valence-electron chi connectivity index (χ3n) is 4.94. The average molecular weight is 434 g/mol. The van der Waals surface area contributed by atoms with Gasteiger partial charge in [0.2, 0.25) is 0 Å². The van der Waals surface area contributed by atoms with E-state index < -0.39 is 23.6 Å². The topological polar surface area (TPSA) is 89.3 Å². The van der Waals surface area contributed by atoms with Gasteiger partial charge in [0.05, 0.1) is 35.9 Å². The molecule has 2 unspecified atom stereocenters. The summed E-state index contributed by atoms with van der Waals surface area (Å²) < 4.78 is 35.4. The maximum Gasteiger partial charge on any atom is 0.275 e. The van der Waals surface area contributed by atoms with Gasteiger partial charge in [-0.1, -0.05) is 6.07 Å². The molecule has 1 amide bonds. The van der Waals surface area contributed by atoms with E-state index in [0.717, 1.165) is 29.9 Å². The van der Waals surface area contributed by atoms with Gasteiger partial charge in [-0.15, -0.1) is 11.3 Å². The van der Waals surface area contributed by atoms with Crippen LogP contribution in [0.15, 0.2) is 29.8 Å². The van der Waals surface area contributed by atoms with Crippen molar-refractivity contribution in [1.29, 1.82) is 0 Å². The highest BCUT2D eigenvalue weighted by molar-refractivity contribution is 7.13. The van der Waals surface area contributed by atoms with Gasteiger partial charge in [-0.05, 0) is 31.4 Å². The summed E-state index contributed by atoms with van der Waals surface area (Å²) in [5.74, 6) is -1.99. The molecule has 2 aromatic heterocycles. The van der Waals surface area contributed by atoms with Crippen LogP contribution >= 0.6 is 11.3 Å². The number of anilines is 1. The second-order valence-corrected chi connectivity index (χ2v) is 7.92. The number of carbonyl (C=O) groups is 1. The van der Waals surface area contributed by atoms with E-state index in [2.05, 4.69) is 15.4 Å². The lowest BCUT2D eigenvalue weighted by Gasteiger charge is -2.17. The Balaban J connectivity index is 1.55. The van der Waals surface area contributed by atoms with Gasteiger partial charge in [-0.2, -0.15) is 5.10 Å². The number of ether oxygens (including phenoxy) is 1. The summed E-state index contributed by atoms with van der Waals surface area (Å²) in [5, 5.41) is 18.3. The monoisotopic (exact) mass is 434 g/mol. The highest BCUT2D eigenvalue weighted by Crippen LogP contribution is 2.33. The maximum absolute atomic E-state index is 14.0. The molecule has 1 aromatic carbocycles. The number of aromatic nitrogens is 3. The quantitative estimate of drug-likeness (QED) is 0.654. The van der Waals surface area contributed by atoms with Crippen molar-refractivity contribution in [2.45, 2.75) is 31.5 Å². The second kappa shape index (κ2) is 8.58. The zero-order chi connectivity index (χ0) is 21.3. The fourth-order valence-electron chi connectivity index (χ4n) is 3.45. The van der Waals surface area contributed by atoms with Gasteiger partial charge in [0, 0.05) is 12.4 Å². The number of rotatable bonds is 4. The lowest BCUT2D eigenvalue weighted by Crippen LogP contribution is -2.18. The molecule has 0 radical (unpaired) electrons. The molecule has 0 bridgehead atoms. The van der Waals surface area contributed by atoms with Gasteiger partial charge in [0.25, 0.3) is 5.91 Å². The third-order valence-corrected chi connectivity index (χ3v) is 5.80. The molecule has 0 saturated carbocycles. The Labute approximate surface area is 175 Å². The van der Waals surface area contributed by atoms with E-state index in [1.807, 2.05) is 0 Å². The van der Waals surface area contributed by atoms with Gasteiger partial charge in [-0.3, -0.25) is 9.48 Å². The van der Waals surface area contributed by atoms with Crippen LogP contribution in [-0.2, 0) is 11.8 Å². The van der Waals surface area contributed by atoms with Gasteiger partial charge in [0.1, 0.15) is 28.4 Å². The molecule has 1 fully saturated rings. The van der Waals surface area contributed by atoms with Crippen LogP contribution in [0.2, 0.25) is 0 Å². The first-order chi connectivity index (χ1) is 14.4. The molecule has 3 heterocycles. The molecule has 2 N–H and O–H groups in total. The Kier molecular flexibility index (Phi) is 5.89. The van der Waals surface area contributed by atoms with Gasteiger partial charge in [-0.25, -0.2) is 13.8 Å². The van der Waals surface area contributed by atoms with E-state index in [1.165, 1.54) is 17.6 Å². The van der Waals surface area contributed by atoms with E-state index in [1.54, 1.807) is 11.7 Å². The Morgan fingerprint density at radius 3 is 2.87 bits per heavy atom. The van der Waals surface area contributed by atoms with Crippen LogP contribution in [0.5, 0.6) is 0 Å². The van der Waals surface area contributed by atoms with Gasteiger partial charge in [0.15, 0.2) is 0 Å². The average Bonchev–Trinajstić information content (AvgIpc) is 3.26. The Bertz CT molecular complexity index is 1050. The zero-order valence-electron chi connectivity index (χ0n) is 16.1. The number of thiazole rings is 1. The van der Waals surface area contributed by atoms with Gasteiger partial charge < -0.3 is 15.2 Å². The molecule has 7 nitrogen and oxygen atoms in total. The Morgan fingerprint density at radius 1 is 1.33 bits per heavy atom. The molecule has 4 rings (SSSR count). The molecule has 1 aliphatic rings. The first kappa shape index (κ1) is 20.6. The van der Waals surface area contributed by atoms with Crippen molar-refractivity contribution in [3.8, 4) is 10.6 Å².